The number of halogens is 1. The van der Waals surface area contributed by atoms with Crippen molar-refractivity contribution in [1.29, 1.82) is 0 Å². The molecule has 0 aliphatic heterocycles. The van der Waals surface area contributed by atoms with Gasteiger partial charge < -0.3 is 5.32 Å². The van der Waals surface area contributed by atoms with Crippen LogP contribution in [-0.4, -0.2) is 30.3 Å². The minimum atomic E-state index is -0.318. The van der Waals surface area contributed by atoms with Gasteiger partial charge in [0.1, 0.15) is 11.4 Å². The number of hydrogen-bond donors (Lipinski definition) is 1. The standard InChI is InChI=1S/C17H13ClN6O/c1-11-9-15(24(22-11)14-6-3-2-5-13(14)18)21-17(25)12-10-20-23-8-4-7-19-16(12)23/h2-10H,1H3,(H,21,25). The summed E-state index contributed by atoms with van der Waals surface area (Å²) in [4.78, 5) is 16.9. The van der Waals surface area contributed by atoms with Crippen molar-refractivity contribution < 1.29 is 4.79 Å². The van der Waals surface area contributed by atoms with Crippen LogP contribution in [0.15, 0.2) is 55.0 Å². The van der Waals surface area contributed by atoms with Crippen LogP contribution in [-0.2, 0) is 0 Å². The summed E-state index contributed by atoms with van der Waals surface area (Å²) in [5.74, 6) is 0.202. The first kappa shape index (κ1) is 15.3. The zero-order valence-electron chi connectivity index (χ0n) is 13.2. The number of carbonyl (C=O) groups is 1. The molecule has 0 fully saturated rings. The molecule has 0 radical (unpaired) electrons. The largest absolute Gasteiger partial charge is 0.306 e. The lowest BCUT2D eigenvalue weighted by molar-refractivity contribution is 0.102. The van der Waals surface area contributed by atoms with Crippen molar-refractivity contribution in [3.8, 4) is 5.69 Å². The summed E-state index contributed by atoms with van der Waals surface area (Å²) < 4.78 is 3.15. The van der Waals surface area contributed by atoms with Crippen LogP contribution in [0.25, 0.3) is 11.3 Å². The van der Waals surface area contributed by atoms with Crippen LogP contribution in [0, 0.1) is 6.92 Å². The average molecular weight is 353 g/mol. The number of benzene rings is 1. The van der Waals surface area contributed by atoms with Gasteiger partial charge in [0.25, 0.3) is 5.91 Å². The van der Waals surface area contributed by atoms with Crippen molar-refractivity contribution >= 4 is 29.0 Å². The molecule has 0 aliphatic rings. The molecular weight excluding hydrogens is 340 g/mol. The van der Waals surface area contributed by atoms with Gasteiger partial charge in [-0.05, 0) is 25.1 Å². The maximum Gasteiger partial charge on any atom is 0.262 e. The number of amides is 1. The molecule has 7 nitrogen and oxygen atoms in total. The van der Waals surface area contributed by atoms with E-state index >= 15 is 0 Å². The molecule has 1 amide bonds. The Labute approximate surface area is 147 Å². The summed E-state index contributed by atoms with van der Waals surface area (Å²) in [5.41, 5.74) is 2.31. The van der Waals surface area contributed by atoms with Gasteiger partial charge in [-0.15, -0.1) is 0 Å². The van der Waals surface area contributed by atoms with E-state index in [-0.39, 0.29) is 5.91 Å². The zero-order chi connectivity index (χ0) is 17.4. The highest BCUT2D eigenvalue weighted by Crippen LogP contribution is 2.24. The maximum atomic E-state index is 12.7. The van der Waals surface area contributed by atoms with E-state index in [0.29, 0.717) is 27.7 Å². The van der Waals surface area contributed by atoms with Crippen LogP contribution in [0.1, 0.15) is 16.1 Å². The zero-order valence-corrected chi connectivity index (χ0v) is 14.0. The fourth-order valence-electron chi connectivity index (χ4n) is 2.57. The van der Waals surface area contributed by atoms with Crippen molar-refractivity contribution in [3.05, 3.63) is 71.3 Å². The predicted octanol–water partition coefficient (Wildman–Crippen LogP) is 3.13. The number of para-hydroxylation sites is 1. The first-order valence-electron chi connectivity index (χ1n) is 7.55. The second-order valence-corrected chi connectivity index (χ2v) is 5.84. The Hall–Kier alpha value is -3.19. The molecule has 0 bridgehead atoms. The van der Waals surface area contributed by atoms with Crippen molar-refractivity contribution in [2.24, 2.45) is 0 Å². The van der Waals surface area contributed by atoms with Gasteiger partial charge in [-0.25, -0.2) is 14.2 Å². The van der Waals surface area contributed by atoms with E-state index in [4.69, 9.17) is 11.6 Å². The highest BCUT2D eigenvalue weighted by Gasteiger charge is 2.17. The van der Waals surface area contributed by atoms with Crippen LogP contribution in [0.2, 0.25) is 5.02 Å². The van der Waals surface area contributed by atoms with Crippen LogP contribution in [0.4, 0.5) is 5.82 Å². The molecule has 0 spiro atoms. The smallest absolute Gasteiger partial charge is 0.262 e. The molecule has 1 N–H and O–H groups in total. The van der Waals surface area contributed by atoms with Gasteiger partial charge in [-0.3, -0.25) is 4.79 Å². The normalized spacial score (nSPS) is 11.0. The Balaban J connectivity index is 1.72. The van der Waals surface area contributed by atoms with Gasteiger partial charge in [0, 0.05) is 18.5 Å². The number of rotatable bonds is 3. The molecule has 0 unspecified atom stereocenters. The molecule has 4 rings (SSSR count). The lowest BCUT2D eigenvalue weighted by Gasteiger charge is -2.09. The van der Waals surface area contributed by atoms with E-state index in [0.717, 1.165) is 5.69 Å². The first-order valence-corrected chi connectivity index (χ1v) is 7.92. The van der Waals surface area contributed by atoms with Crippen LogP contribution < -0.4 is 5.32 Å². The molecule has 0 saturated carbocycles. The molecule has 0 atom stereocenters. The summed E-state index contributed by atoms with van der Waals surface area (Å²) in [6, 6.07) is 10.8. The molecule has 1 aromatic carbocycles. The Morgan fingerprint density at radius 1 is 1.24 bits per heavy atom. The van der Waals surface area contributed by atoms with E-state index in [9.17, 15) is 4.79 Å². The number of anilines is 1. The predicted molar refractivity (Wildman–Crippen MR) is 94.3 cm³/mol. The van der Waals surface area contributed by atoms with E-state index in [1.807, 2.05) is 25.1 Å². The topological polar surface area (TPSA) is 77.1 Å². The maximum absolute atomic E-state index is 12.7. The molecular formula is C17H13ClN6O. The second-order valence-electron chi connectivity index (χ2n) is 5.43. The molecule has 25 heavy (non-hydrogen) atoms. The number of nitrogens with one attached hydrogen (secondary N) is 1. The minimum Gasteiger partial charge on any atom is -0.306 e. The number of aromatic nitrogens is 5. The SMILES string of the molecule is Cc1cc(NC(=O)c2cnn3cccnc23)n(-c2ccccc2Cl)n1. The van der Waals surface area contributed by atoms with E-state index in [1.54, 1.807) is 39.8 Å². The first-order chi connectivity index (χ1) is 12.1. The molecule has 0 saturated heterocycles. The third-order valence-electron chi connectivity index (χ3n) is 3.68. The van der Waals surface area contributed by atoms with Gasteiger partial charge in [-0.2, -0.15) is 10.2 Å². The molecule has 0 aliphatic carbocycles. The number of aryl methyl sites for hydroxylation is 1. The third kappa shape index (κ3) is 2.74. The fourth-order valence-corrected chi connectivity index (χ4v) is 2.78. The Morgan fingerprint density at radius 3 is 2.92 bits per heavy atom. The summed E-state index contributed by atoms with van der Waals surface area (Å²) in [6.07, 6.45) is 4.84. The number of hydrogen-bond acceptors (Lipinski definition) is 4. The lowest BCUT2D eigenvalue weighted by atomic mass is 10.3. The van der Waals surface area contributed by atoms with E-state index in [1.165, 1.54) is 6.20 Å². The third-order valence-corrected chi connectivity index (χ3v) is 4.00. The van der Waals surface area contributed by atoms with Gasteiger partial charge in [0.15, 0.2) is 5.65 Å². The minimum absolute atomic E-state index is 0.318. The van der Waals surface area contributed by atoms with E-state index in [2.05, 4.69) is 20.5 Å². The van der Waals surface area contributed by atoms with Crippen LogP contribution in [0.5, 0.6) is 0 Å². The summed E-state index contributed by atoms with van der Waals surface area (Å²) in [5, 5.41) is 12.0. The van der Waals surface area contributed by atoms with Crippen molar-refractivity contribution in [1.82, 2.24) is 24.4 Å². The molecule has 8 heteroatoms. The quantitative estimate of drug-likeness (QED) is 0.614. The molecule has 4 aromatic rings. The van der Waals surface area contributed by atoms with Crippen molar-refractivity contribution in [2.45, 2.75) is 6.92 Å². The van der Waals surface area contributed by atoms with Gasteiger partial charge in [-0.1, -0.05) is 23.7 Å². The van der Waals surface area contributed by atoms with E-state index < -0.39 is 0 Å². The lowest BCUT2D eigenvalue weighted by Crippen LogP contribution is -2.15. The molecule has 3 aromatic heterocycles. The monoisotopic (exact) mass is 352 g/mol. The van der Waals surface area contributed by atoms with Gasteiger partial charge in [0.2, 0.25) is 0 Å². The van der Waals surface area contributed by atoms with Crippen LogP contribution in [0.3, 0.4) is 0 Å². The average Bonchev–Trinajstić information content (AvgIpc) is 3.19. The van der Waals surface area contributed by atoms with Crippen molar-refractivity contribution in [3.63, 3.8) is 0 Å². The van der Waals surface area contributed by atoms with Gasteiger partial charge in [0.05, 0.1) is 22.6 Å². The summed E-state index contributed by atoms with van der Waals surface area (Å²) in [6.45, 7) is 1.85. The Kier molecular flexibility index (Phi) is 3.70. The Bertz CT molecular complexity index is 1080. The summed E-state index contributed by atoms with van der Waals surface area (Å²) in [7, 11) is 0. The fraction of sp³-hybridized carbons (Fsp3) is 0.0588. The highest BCUT2D eigenvalue weighted by atomic mass is 35.5. The number of carbonyl (C=O) groups excluding carboxylic acids is 1. The highest BCUT2D eigenvalue weighted by molar-refractivity contribution is 6.32. The molecule has 3 heterocycles. The van der Waals surface area contributed by atoms with Crippen LogP contribution >= 0.6 is 11.6 Å². The van der Waals surface area contributed by atoms with Gasteiger partial charge >= 0.3 is 0 Å². The number of nitrogens with zero attached hydrogens (tertiary/aromatic N) is 5. The second kappa shape index (κ2) is 6.03. The Morgan fingerprint density at radius 2 is 2.08 bits per heavy atom. The molecule has 124 valence electrons. The van der Waals surface area contributed by atoms with Crippen molar-refractivity contribution in [2.75, 3.05) is 5.32 Å². The number of fused-ring (bicyclic) bond motifs is 1. The summed E-state index contributed by atoms with van der Waals surface area (Å²) >= 11 is 6.26.